The molecule has 1 heteroatoms. The quantitative estimate of drug-likeness (QED) is 0.462. The number of benzene rings is 1. The van der Waals surface area contributed by atoms with Crippen molar-refractivity contribution in [2.45, 2.75) is 7.43 Å². The Kier molecular flexibility index (Phi) is 3.15. The monoisotopic (exact) mass is 119 g/mol. The van der Waals surface area contributed by atoms with Crippen LogP contribution in [0.4, 0.5) is 5.69 Å². The molecule has 0 aliphatic carbocycles. The van der Waals surface area contributed by atoms with Gasteiger partial charge in [0, 0.05) is 0 Å². The summed E-state index contributed by atoms with van der Waals surface area (Å²) < 4.78 is 0. The molecule has 0 amide bonds. The van der Waals surface area contributed by atoms with Crippen molar-refractivity contribution >= 4 is 5.69 Å². The summed E-state index contributed by atoms with van der Waals surface area (Å²) in [7, 11) is 0. The molecule has 0 saturated heterocycles. The zero-order chi connectivity index (χ0) is 5.82. The second-order valence-corrected chi connectivity index (χ2v) is 1.45. The summed E-state index contributed by atoms with van der Waals surface area (Å²) in [4.78, 5) is 3.22. The van der Waals surface area contributed by atoms with Gasteiger partial charge in [-0.2, -0.15) is 0 Å². The topological polar surface area (TPSA) is 4.36 Å². The highest BCUT2D eigenvalue weighted by atomic mass is 14.6. The number of nitrogens with zero attached hydrogens (tertiary/aromatic N) is 1. The van der Waals surface area contributed by atoms with Crippen LogP contribution in [0.25, 0.3) is 4.85 Å². The Labute approximate surface area is 55.8 Å². The van der Waals surface area contributed by atoms with E-state index in [0.29, 0.717) is 5.69 Å². The van der Waals surface area contributed by atoms with Gasteiger partial charge in [-0.1, -0.05) is 37.8 Å². The largest absolute Gasteiger partial charge is 0.238 e. The fraction of sp³-hybridized carbons (Fsp3) is 0.125. The van der Waals surface area contributed by atoms with E-state index >= 15 is 0 Å². The van der Waals surface area contributed by atoms with Crippen molar-refractivity contribution in [3.8, 4) is 0 Å². The third-order valence-corrected chi connectivity index (χ3v) is 0.885. The lowest BCUT2D eigenvalue weighted by Crippen LogP contribution is -1.54. The van der Waals surface area contributed by atoms with Gasteiger partial charge >= 0.3 is 0 Å². The second kappa shape index (κ2) is 3.68. The minimum Gasteiger partial charge on any atom is -0.238 e. The van der Waals surface area contributed by atoms with Gasteiger partial charge in [-0.15, -0.1) is 0 Å². The lowest BCUT2D eigenvalue weighted by Gasteiger charge is -1.80. The average Bonchev–Trinajstić information content (AvgIpc) is 1.90. The van der Waals surface area contributed by atoms with Gasteiger partial charge < -0.3 is 0 Å². The predicted molar refractivity (Wildman–Crippen MR) is 39.4 cm³/mol. The van der Waals surface area contributed by atoms with Crippen molar-refractivity contribution < 1.29 is 0 Å². The summed E-state index contributed by atoms with van der Waals surface area (Å²) in [5.41, 5.74) is 0.701. The fourth-order valence-electron chi connectivity index (χ4n) is 0.503. The van der Waals surface area contributed by atoms with Crippen LogP contribution in [0, 0.1) is 6.57 Å². The second-order valence-electron chi connectivity index (χ2n) is 1.45. The summed E-state index contributed by atoms with van der Waals surface area (Å²) >= 11 is 0. The van der Waals surface area contributed by atoms with E-state index < -0.39 is 0 Å². The van der Waals surface area contributed by atoms with E-state index in [1.165, 1.54) is 0 Å². The van der Waals surface area contributed by atoms with Crippen LogP contribution in [-0.2, 0) is 0 Å². The molecule has 1 aromatic carbocycles. The van der Waals surface area contributed by atoms with Crippen LogP contribution in [0.3, 0.4) is 0 Å². The minimum absolute atomic E-state index is 0. The summed E-state index contributed by atoms with van der Waals surface area (Å²) in [5.74, 6) is 0. The Morgan fingerprint density at radius 2 is 1.67 bits per heavy atom. The van der Waals surface area contributed by atoms with E-state index in [2.05, 4.69) is 4.85 Å². The Bertz CT molecular complexity index is 196. The van der Waals surface area contributed by atoms with Gasteiger partial charge in [-0.25, -0.2) is 4.85 Å². The van der Waals surface area contributed by atoms with Crippen LogP contribution in [0.2, 0.25) is 0 Å². The van der Waals surface area contributed by atoms with Crippen LogP contribution in [0.5, 0.6) is 0 Å². The van der Waals surface area contributed by atoms with Crippen molar-refractivity contribution in [1.29, 1.82) is 0 Å². The molecule has 0 N–H and O–H groups in total. The van der Waals surface area contributed by atoms with Gasteiger partial charge in [0.15, 0.2) is 5.69 Å². The van der Waals surface area contributed by atoms with Gasteiger partial charge in [-0.05, 0) is 0 Å². The van der Waals surface area contributed by atoms with E-state index in [1.807, 2.05) is 18.2 Å². The smallest absolute Gasteiger partial charge is 0.187 e. The summed E-state index contributed by atoms with van der Waals surface area (Å²) in [6.45, 7) is 6.57. The number of hydrogen-bond acceptors (Lipinski definition) is 0. The fourth-order valence-corrected chi connectivity index (χ4v) is 0.503. The van der Waals surface area contributed by atoms with Crippen molar-refractivity contribution in [3.05, 3.63) is 41.7 Å². The lowest BCUT2D eigenvalue weighted by molar-refractivity contribution is 1.72. The molecule has 0 bridgehead atoms. The van der Waals surface area contributed by atoms with Crippen LogP contribution in [-0.4, -0.2) is 0 Å². The number of para-hydroxylation sites is 1. The molecular formula is C8H9N. The maximum Gasteiger partial charge on any atom is 0.187 e. The van der Waals surface area contributed by atoms with Crippen LogP contribution < -0.4 is 0 Å². The van der Waals surface area contributed by atoms with E-state index in [9.17, 15) is 0 Å². The molecule has 9 heavy (non-hydrogen) atoms. The first kappa shape index (κ1) is 7.71. The SMILES string of the molecule is C.[C-]#[N+]c1ccccc1. The van der Waals surface area contributed by atoms with E-state index in [0.717, 1.165) is 0 Å². The number of rotatable bonds is 0. The van der Waals surface area contributed by atoms with Gasteiger partial charge in [-0.3, -0.25) is 0 Å². The molecule has 0 saturated carbocycles. The third kappa shape index (κ3) is 1.96. The molecular weight excluding hydrogens is 110 g/mol. The molecule has 1 aromatic rings. The first-order valence-corrected chi connectivity index (χ1v) is 2.36. The van der Waals surface area contributed by atoms with Gasteiger partial charge in [0.2, 0.25) is 0 Å². The molecule has 0 heterocycles. The normalized spacial score (nSPS) is 7.00. The highest BCUT2D eigenvalue weighted by Crippen LogP contribution is 2.07. The highest BCUT2D eigenvalue weighted by molar-refractivity contribution is 5.42. The van der Waals surface area contributed by atoms with Gasteiger partial charge in [0.25, 0.3) is 0 Å². The Balaban J connectivity index is 0.000000640. The van der Waals surface area contributed by atoms with Crippen LogP contribution >= 0.6 is 0 Å². The maximum absolute atomic E-state index is 6.57. The molecule has 0 aliphatic heterocycles. The lowest BCUT2D eigenvalue weighted by atomic mass is 10.3. The molecule has 0 aromatic heterocycles. The zero-order valence-electron chi connectivity index (χ0n) is 4.33. The summed E-state index contributed by atoms with van der Waals surface area (Å²) in [6.07, 6.45) is 0. The first-order chi connectivity index (χ1) is 3.93. The third-order valence-electron chi connectivity index (χ3n) is 0.885. The summed E-state index contributed by atoms with van der Waals surface area (Å²) in [5, 5.41) is 0. The molecule has 0 aliphatic rings. The van der Waals surface area contributed by atoms with Crippen molar-refractivity contribution in [1.82, 2.24) is 0 Å². The maximum atomic E-state index is 6.57. The Morgan fingerprint density at radius 1 is 1.11 bits per heavy atom. The molecule has 1 nitrogen and oxygen atoms in total. The Morgan fingerprint density at radius 3 is 2.00 bits per heavy atom. The van der Waals surface area contributed by atoms with Crippen molar-refractivity contribution in [2.75, 3.05) is 0 Å². The molecule has 0 spiro atoms. The molecule has 46 valence electrons. The number of hydrogen-bond donors (Lipinski definition) is 0. The molecule has 0 atom stereocenters. The van der Waals surface area contributed by atoms with Crippen molar-refractivity contribution in [2.24, 2.45) is 0 Å². The molecule has 0 fully saturated rings. The van der Waals surface area contributed by atoms with Crippen LogP contribution in [0.1, 0.15) is 7.43 Å². The molecule has 0 radical (unpaired) electrons. The zero-order valence-corrected chi connectivity index (χ0v) is 4.33. The highest BCUT2D eigenvalue weighted by Gasteiger charge is 1.79. The van der Waals surface area contributed by atoms with Gasteiger partial charge in [0.05, 0.1) is 6.57 Å². The van der Waals surface area contributed by atoms with Crippen molar-refractivity contribution in [3.63, 3.8) is 0 Å². The Hall–Kier alpha value is -1.29. The molecule has 1 rings (SSSR count). The van der Waals surface area contributed by atoms with E-state index in [-0.39, 0.29) is 7.43 Å². The van der Waals surface area contributed by atoms with Gasteiger partial charge in [0.1, 0.15) is 0 Å². The van der Waals surface area contributed by atoms with Crippen LogP contribution in [0.15, 0.2) is 30.3 Å². The first-order valence-electron chi connectivity index (χ1n) is 2.36. The van der Waals surface area contributed by atoms with E-state index in [1.54, 1.807) is 12.1 Å². The average molecular weight is 119 g/mol. The molecule has 0 unspecified atom stereocenters. The summed E-state index contributed by atoms with van der Waals surface area (Å²) in [6, 6.07) is 9.18. The predicted octanol–water partition coefficient (Wildman–Crippen LogP) is 2.87. The standard InChI is InChI=1S/C7H5N.CH4/c1-8-7-5-3-2-4-6-7;/h2-6H;1H4. The minimum atomic E-state index is 0. The van der Waals surface area contributed by atoms with E-state index in [4.69, 9.17) is 6.57 Å².